The second kappa shape index (κ2) is 4.20. The molecule has 96 valence electrons. The molecule has 0 radical (unpaired) electrons. The molecule has 0 spiro atoms. The van der Waals surface area contributed by atoms with Gasteiger partial charge in [-0.15, -0.1) is 0 Å². The maximum Gasteiger partial charge on any atom is 0.227 e. The van der Waals surface area contributed by atoms with Crippen LogP contribution >= 0.6 is 0 Å². The number of nitrogens with zero attached hydrogens (tertiary/aromatic N) is 1. The largest absolute Gasteiger partial charge is 0.438 e. The fourth-order valence-electron chi connectivity index (χ4n) is 2.57. The lowest BCUT2D eigenvalue weighted by Gasteiger charge is -2.01. The van der Waals surface area contributed by atoms with E-state index in [1.54, 1.807) is 0 Å². The molecule has 0 aliphatic carbocycles. The molecule has 0 aliphatic rings. The zero-order valence-corrected chi connectivity index (χ0v) is 11.1. The molecule has 2 nitrogen and oxygen atoms in total. The van der Waals surface area contributed by atoms with Gasteiger partial charge in [0.1, 0.15) is 5.58 Å². The first-order chi connectivity index (χ1) is 9.81. The number of hydrogen-bond donors (Lipinski definition) is 0. The number of para-hydroxylation sites is 1. The van der Waals surface area contributed by atoms with Crippen LogP contribution in [-0.4, -0.2) is 4.98 Å². The summed E-state index contributed by atoms with van der Waals surface area (Å²) >= 11 is 0. The van der Waals surface area contributed by atoms with Gasteiger partial charge in [-0.05, 0) is 31.2 Å². The standard InChI is InChI=1S/C18H13NO/c1-12-5-4-6-13(11-12)16-10-9-15-14-7-2-3-8-17(14)20-18(15)19-16/h2-11H,1H3. The van der Waals surface area contributed by atoms with Gasteiger partial charge in [0, 0.05) is 16.3 Å². The summed E-state index contributed by atoms with van der Waals surface area (Å²) in [7, 11) is 0. The lowest BCUT2D eigenvalue weighted by molar-refractivity contribution is 0.654. The van der Waals surface area contributed by atoms with Gasteiger partial charge in [-0.3, -0.25) is 0 Å². The summed E-state index contributed by atoms with van der Waals surface area (Å²) in [6, 6.07) is 20.5. The van der Waals surface area contributed by atoms with Gasteiger partial charge in [-0.2, -0.15) is 0 Å². The van der Waals surface area contributed by atoms with Gasteiger partial charge in [0.25, 0.3) is 0 Å². The zero-order chi connectivity index (χ0) is 13.5. The quantitative estimate of drug-likeness (QED) is 0.483. The highest BCUT2D eigenvalue weighted by atomic mass is 16.3. The molecule has 0 fully saturated rings. The van der Waals surface area contributed by atoms with Crippen LogP contribution in [0.4, 0.5) is 0 Å². The summed E-state index contributed by atoms with van der Waals surface area (Å²) < 4.78 is 5.83. The number of pyridine rings is 1. The Morgan fingerprint density at radius 2 is 1.75 bits per heavy atom. The Morgan fingerprint density at radius 1 is 0.850 bits per heavy atom. The molecule has 2 aromatic carbocycles. The first-order valence-corrected chi connectivity index (χ1v) is 6.66. The Kier molecular flexibility index (Phi) is 2.36. The predicted octanol–water partition coefficient (Wildman–Crippen LogP) is 4.96. The lowest BCUT2D eigenvalue weighted by Crippen LogP contribution is -1.84. The molecule has 0 unspecified atom stereocenters. The fraction of sp³-hybridized carbons (Fsp3) is 0.0556. The highest BCUT2D eigenvalue weighted by molar-refractivity contribution is 6.03. The first kappa shape index (κ1) is 11.2. The van der Waals surface area contributed by atoms with Crippen LogP contribution in [0.2, 0.25) is 0 Å². The normalized spacial score (nSPS) is 11.2. The predicted molar refractivity (Wildman–Crippen MR) is 81.7 cm³/mol. The minimum absolute atomic E-state index is 0.699. The number of rotatable bonds is 1. The van der Waals surface area contributed by atoms with Crippen molar-refractivity contribution in [3.63, 3.8) is 0 Å². The Morgan fingerprint density at radius 3 is 2.65 bits per heavy atom. The fourth-order valence-corrected chi connectivity index (χ4v) is 2.57. The molecule has 2 heterocycles. The molecule has 0 saturated carbocycles. The van der Waals surface area contributed by atoms with Crippen molar-refractivity contribution >= 4 is 22.1 Å². The average Bonchev–Trinajstić information content (AvgIpc) is 2.85. The van der Waals surface area contributed by atoms with E-state index in [4.69, 9.17) is 4.42 Å². The molecule has 2 heteroatoms. The van der Waals surface area contributed by atoms with Gasteiger partial charge in [0.15, 0.2) is 0 Å². The van der Waals surface area contributed by atoms with Crippen molar-refractivity contribution in [1.82, 2.24) is 4.98 Å². The smallest absolute Gasteiger partial charge is 0.227 e. The van der Waals surface area contributed by atoms with Crippen molar-refractivity contribution in [1.29, 1.82) is 0 Å². The van der Waals surface area contributed by atoms with E-state index >= 15 is 0 Å². The summed E-state index contributed by atoms with van der Waals surface area (Å²) in [6.45, 7) is 2.09. The number of furan rings is 1. The number of hydrogen-bond acceptors (Lipinski definition) is 2. The molecular formula is C18H13NO. The highest BCUT2D eigenvalue weighted by Crippen LogP contribution is 2.29. The summed E-state index contributed by atoms with van der Waals surface area (Å²) in [5.41, 5.74) is 4.88. The third kappa shape index (κ3) is 1.69. The van der Waals surface area contributed by atoms with Crippen LogP contribution in [0.1, 0.15) is 5.56 Å². The van der Waals surface area contributed by atoms with E-state index < -0.39 is 0 Å². The molecule has 0 aliphatic heterocycles. The minimum atomic E-state index is 0.699. The summed E-state index contributed by atoms with van der Waals surface area (Å²) in [6.07, 6.45) is 0. The monoisotopic (exact) mass is 259 g/mol. The lowest BCUT2D eigenvalue weighted by atomic mass is 10.1. The number of aryl methyl sites for hydroxylation is 1. The van der Waals surface area contributed by atoms with E-state index in [1.807, 2.05) is 18.2 Å². The number of aromatic nitrogens is 1. The number of fused-ring (bicyclic) bond motifs is 3. The average molecular weight is 259 g/mol. The molecule has 4 rings (SSSR count). The summed E-state index contributed by atoms with van der Waals surface area (Å²) in [5.74, 6) is 0. The van der Waals surface area contributed by atoms with Crippen molar-refractivity contribution in [2.45, 2.75) is 6.92 Å². The third-order valence-corrected chi connectivity index (χ3v) is 3.56. The van der Waals surface area contributed by atoms with Crippen molar-refractivity contribution in [2.24, 2.45) is 0 Å². The maximum absolute atomic E-state index is 5.83. The Hall–Kier alpha value is -2.61. The van der Waals surface area contributed by atoms with Crippen LogP contribution in [-0.2, 0) is 0 Å². The second-order valence-corrected chi connectivity index (χ2v) is 5.02. The molecule has 20 heavy (non-hydrogen) atoms. The molecular weight excluding hydrogens is 246 g/mol. The Balaban J connectivity index is 1.97. The van der Waals surface area contributed by atoms with Gasteiger partial charge in [-0.25, -0.2) is 4.98 Å². The molecule has 0 N–H and O–H groups in total. The molecule has 4 aromatic rings. The van der Waals surface area contributed by atoms with Crippen LogP contribution < -0.4 is 0 Å². The number of benzene rings is 2. The molecule has 2 aromatic heterocycles. The minimum Gasteiger partial charge on any atom is -0.438 e. The van der Waals surface area contributed by atoms with E-state index in [1.165, 1.54) is 5.56 Å². The first-order valence-electron chi connectivity index (χ1n) is 6.66. The van der Waals surface area contributed by atoms with Crippen LogP contribution in [0, 0.1) is 6.92 Å². The Labute approximate surface area is 116 Å². The van der Waals surface area contributed by atoms with Gasteiger partial charge in [0.05, 0.1) is 5.69 Å². The van der Waals surface area contributed by atoms with E-state index in [2.05, 4.69) is 54.4 Å². The van der Waals surface area contributed by atoms with E-state index in [0.29, 0.717) is 5.71 Å². The Bertz CT molecular complexity index is 921. The van der Waals surface area contributed by atoms with E-state index in [-0.39, 0.29) is 0 Å². The molecule has 0 amide bonds. The van der Waals surface area contributed by atoms with Crippen LogP contribution in [0.3, 0.4) is 0 Å². The molecule has 0 atom stereocenters. The van der Waals surface area contributed by atoms with E-state index in [0.717, 1.165) is 27.6 Å². The van der Waals surface area contributed by atoms with Crippen LogP contribution in [0.15, 0.2) is 65.1 Å². The van der Waals surface area contributed by atoms with Gasteiger partial charge >= 0.3 is 0 Å². The van der Waals surface area contributed by atoms with Crippen LogP contribution in [0.5, 0.6) is 0 Å². The van der Waals surface area contributed by atoms with Crippen molar-refractivity contribution in [3.8, 4) is 11.3 Å². The van der Waals surface area contributed by atoms with Crippen molar-refractivity contribution < 1.29 is 4.42 Å². The third-order valence-electron chi connectivity index (χ3n) is 3.56. The SMILES string of the molecule is Cc1cccc(-c2ccc3c(n2)oc2ccccc23)c1. The molecule has 0 saturated heterocycles. The van der Waals surface area contributed by atoms with E-state index in [9.17, 15) is 0 Å². The van der Waals surface area contributed by atoms with Gasteiger partial charge in [-0.1, -0.05) is 42.0 Å². The highest BCUT2D eigenvalue weighted by Gasteiger charge is 2.09. The second-order valence-electron chi connectivity index (χ2n) is 5.02. The van der Waals surface area contributed by atoms with Crippen molar-refractivity contribution in [3.05, 3.63) is 66.2 Å². The maximum atomic E-state index is 5.83. The topological polar surface area (TPSA) is 26.0 Å². The summed E-state index contributed by atoms with van der Waals surface area (Å²) in [4.78, 5) is 4.66. The van der Waals surface area contributed by atoms with Crippen molar-refractivity contribution in [2.75, 3.05) is 0 Å². The zero-order valence-electron chi connectivity index (χ0n) is 11.1. The van der Waals surface area contributed by atoms with Gasteiger partial charge in [0.2, 0.25) is 5.71 Å². The molecule has 0 bridgehead atoms. The van der Waals surface area contributed by atoms with Gasteiger partial charge < -0.3 is 4.42 Å². The summed E-state index contributed by atoms with van der Waals surface area (Å²) in [5, 5.41) is 2.18. The van der Waals surface area contributed by atoms with Crippen LogP contribution in [0.25, 0.3) is 33.3 Å².